The van der Waals surface area contributed by atoms with Crippen molar-refractivity contribution >= 4 is 35.7 Å². The number of aryl methyl sites for hydroxylation is 3. The number of methoxy groups -OCH3 is 8. The summed E-state index contributed by atoms with van der Waals surface area (Å²) in [6.07, 6.45) is 2.30. The molecular formula is C86H85F6N5O18. The largest absolute Gasteiger partial charge is 0.493 e. The zero-order chi connectivity index (χ0) is 83.3. The smallest absolute Gasteiger partial charge is 0.397 e. The van der Waals surface area contributed by atoms with Crippen molar-refractivity contribution in [3.05, 3.63) is 201 Å². The molecule has 0 fully saturated rings. The van der Waals surface area contributed by atoms with Crippen LogP contribution in [0.1, 0.15) is 99.9 Å². The van der Waals surface area contributed by atoms with Crippen molar-refractivity contribution in [1.82, 2.24) is 23.5 Å². The molecule has 115 heavy (non-hydrogen) atoms. The molecule has 10 aromatic rings. The number of aromatic nitrogens is 3. The zero-order valence-electron chi connectivity index (χ0n) is 65.6. The SMILES string of the molecule is CCOC(=O)C(=O)N1CCc2cc(OC)c(OC)cc2C1C(=O)O.CCOC(=O)c1cc(-c2ccc(F)cc2F)c2n1CCc1cc(OC)c(OC)cc1-2.COc1cc2c(cc1OC)-c1c(-c3ccc(F)cc3F)cc(C(=O)N(C)C(C)(C)C)n1CC2.COc1cc2c(cc1OC)-c1c(-c3ccc(F)cc3F)cc(C(=O)O)n1CC2. The standard InChI is InChI=1S/C26H28F2N2O3.C23H21F2NO4.C21H17F2NO4.C16H19NO7/c1-26(2,3)29(4)25(31)21-13-19(17-8-7-16(27)12-20(17)28)24-18-14-23(33-6)22(32-5)11-15(18)9-10-30(21)24;1-4-30-23(27)19-11-17(15-6-5-14(24)10-18(15)25)22-16-12-21(29-3)20(28-2)9-13(16)7-8-26(19)22;1-27-18-7-11-5-6-24-17(21(25)26)9-15(13-4-3-12(22)8-16(13)23)20(24)14(11)10-19(18)28-2;1-4-24-16(21)14(18)17-6-5-9-7-11(22-2)12(23-3)8-10(9)13(17)15(19)20/h7-8,11-14H,9-10H2,1-6H3;5-6,9-12H,4,7-8H2,1-3H3;3-4,7-10H,5-6H2,1-2H3,(H,25,26);7-8,13H,4-6H2,1-3H3,(H,19,20). The fourth-order valence-corrected chi connectivity index (χ4v) is 14.6. The van der Waals surface area contributed by atoms with Crippen molar-refractivity contribution in [2.45, 2.75) is 91.5 Å². The van der Waals surface area contributed by atoms with Crippen LogP contribution >= 0.6 is 0 Å². The normalized spacial score (nSPS) is 13.2. The Morgan fingerprint density at radius 2 is 0.739 bits per heavy atom. The highest BCUT2D eigenvalue weighted by molar-refractivity contribution is 6.32. The van der Waals surface area contributed by atoms with Crippen LogP contribution in [0.15, 0.2) is 121 Å². The van der Waals surface area contributed by atoms with Crippen molar-refractivity contribution in [3.8, 4) is 113 Å². The van der Waals surface area contributed by atoms with Gasteiger partial charge in [0.1, 0.15) is 52.0 Å². The van der Waals surface area contributed by atoms with Crippen LogP contribution in [0, 0.1) is 34.9 Å². The van der Waals surface area contributed by atoms with E-state index in [1.807, 2.05) is 60.2 Å². The van der Waals surface area contributed by atoms with Crippen LogP contribution in [0.3, 0.4) is 0 Å². The molecule has 23 nitrogen and oxygen atoms in total. The number of aliphatic carboxylic acids is 1. The van der Waals surface area contributed by atoms with Crippen LogP contribution in [0.5, 0.6) is 46.0 Å². The van der Waals surface area contributed by atoms with Crippen LogP contribution in [-0.2, 0) is 69.2 Å². The van der Waals surface area contributed by atoms with Gasteiger partial charge >= 0.3 is 29.8 Å². The maximum absolute atomic E-state index is 14.9. The molecule has 0 bridgehead atoms. The molecule has 0 aliphatic carbocycles. The fraction of sp³-hybridized carbons (Fsp3) is 0.302. The molecule has 0 radical (unpaired) electrons. The average molecular weight is 1590 g/mol. The molecule has 2 N–H and O–H groups in total. The monoisotopic (exact) mass is 1590 g/mol. The Bertz CT molecular complexity index is 5470. The van der Waals surface area contributed by atoms with Gasteiger partial charge in [0, 0.05) is 107 Å². The van der Waals surface area contributed by atoms with Crippen molar-refractivity contribution in [1.29, 1.82) is 0 Å². The third kappa shape index (κ3) is 16.4. The molecule has 3 aromatic heterocycles. The Kier molecular flexibility index (Phi) is 25.0. The van der Waals surface area contributed by atoms with E-state index in [-0.39, 0.29) is 48.0 Å². The number of esters is 2. The molecule has 2 amide bonds. The first kappa shape index (κ1) is 83.1. The molecule has 0 spiro atoms. The maximum atomic E-state index is 14.9. The number of halogens is 6. The average Bonchev–Trinajstić information content (AvgIpc) is 1.61. The second kappa shape index (κ2) is 34.7. The molecular weight excluding hydrogens is 1500 g/mol. The van der Waals surface area contributed by atoms with Crippen molar-refractivity contribution < 1.29 is 113 Å². The third-order valence-corrected chi connectivity index (χ3v) is 20.4. The molecule has 4 aliphatic rings. The van der Waals surface area contributed by atoms with Gasteiger partial charge in [-0.2, -0.15) is 0 Å². The number of amides is 2. The molecule has 7 heterocycles. The van der Waals surface area contributed by atoms with Gasteiger partial charge in [0.2, 0.25) is 0 Å². The van der Waals surface area contributed by atoms with Crippen LogP contribution < -0.4 is 37.9 Å². The number of carbonyl (C=O) groups is 6. The highest BCUT2D eigenvalue weighted by Crippen LogP contribution is 2.50. The number of hydrogen-bond acceptors (Lipinski definition) is 16. The summed E-state index contributed by atoms with van der Waals surface area (Å²) in [5, 5.41) is 19.2. The van der Waals surface area contributed by atoms with Crippen molar-refractivity contribution in [2.75, 3.05) is 83.7 Å². The molecule has 0 saturated heterocycles. The maximum Gasteiger partial charge on any atom is 0.397 e. The van der Waals surface area contributed by atoms with Gasteiger partial charge < -0.3 is 81.1 Å². The van der Waals surface area contributed by atoms with Gasteiger partial charge in [0.15, 0.2) is 52.0 Å². The number of ether oxygens (including phenoxy) is 10. The number of carbonyl (C=O) groups excluding carboxylic acids is 4. The first-order chi connectivity index (χ1) is 54.9. The predicted molar refractivity (Wildman–Crippen MR) is 413 cm³/mol. The van der Waals surface area contributed by atoms with Gasteiger partial charge in [-0.1, -0.05) is 0 Å². The van der Waals surface area contributed by atoms with E-state index in [9.17, 15) is 65.3 Å². The Labute approximate surface area is 658 Å². The lowest BCUT2D eigenvalue weighted by Gasteiger charge is -2.34. The van der Waals surface area contributed by atoms with Crippen molar-refractivity contribution in [2.24, 2.45) is 0 Å². The van der Waals surface area contributed by atoms with E-state index < -0.39 is 76.3 Å². The molecule has 0 saturated carbocycles. The van der Waals surface area contributed by atoms with Gasteiger partial charge in [-0.25, -0.2) is 45.5 Å². The number of nitrogens with zero attached hydrogens (tertiary/aromatic N) is 5. The van der Waals surface area contributed by atoms with Gasteiger partial charge in [-0.3, -0.25) is 9.59 Å². The molecule has 4 aliphatic heterocycles. The zero-order valence-corrected chi connectivity index (χ0v) is 65.6. The number of benzene rings is 7. The summed E-state index contributed by atoms with van der Waals surface area (Å²) < 4.78 is 143. The minimum atomic E-state index is -1.29. The summed E-state index contributed by atoms with van der Waals surface area (Å²) in [6, 6.07) is 27.9. The second-order valence-electron chi connectivity index (χ2n) is 27.7. The number of hydrogen-bond donors (Lipinski definition) is 2. The Morgan fingerprint density at radius 1 is 0.409 bits per heavy atom. The predicted octanol–water partition coefficient (Wildman–Crippen LogP) is 15.5. The number of fused-ring (bicyclic) bond motifs is 10. The van der Waals surface area contributed by atoms with Gasteiger partial charge in [-0.15, -0.1) is 0 Å². The minimum Gasteiger partial charge on any atom is -0.493 e. The summed E-state index contributed by atoms with van der Waals surface area (Å²) in [5.41, 5.74) is 10.8. The van der Waals surface area contributed by atoms with E-state index in [4.69, 9.17) is 42.6 Å². The van der Waals surface area contributed by atoms with E-state index in [0.717, 1.165) is 68.1 Å². The van der Waals surface area contributed by atoms with Gasteiger partial charge in [-0.05, 0) is 191 Å². The third-order valence-electron chi connectivity index (χ3n) is 20.4. The molecule has 604 valence electrons. The quantitative estimate of drug-likeness (QED) is 0.0488. The van der Waals surface area contributed by atoms with Gasteiger partial charge in [0.05, 0.1) is 87.2 Å². The topological polar surface area (TPSA) is 256 Å². The Hall–Kier alpha value is -12.8. The Morgan fingerprint density at radius 3 is 1.09 bits per heavy atom. The lowest BCUT2D eigenvalue weighted by atomic mass is 9.91. The van der Waals surface area contributed by atoms with Gasteiger partial charge in [0.25, 0.3) is 5.91 Å². The van der Waals surface area contributed by atoms with Crippen molar-refractivity contribution in [3.63, 3.8) is 0 Å². The number of carboxylic acids is 2. The minimum absolute atomic E-state index is 0.0394. The highest BCUT2D eigenvalue weighted by Gasteiger charge is 2.41. The van der Waals surface area contributed by atoms with E-state index in [0.29, 0.717) is 142 Å². The van der Waals surface area contributed by atoms with Crippen LogP contribution in [0.25, 0.3) is 67.2 Å². The van der Waals surface area contributed by atoms with Crippen LogP contribution in [0.2, 0.25) is 0 Å². The van der Waals surface area contributed by atoms with Crippen LogP contribution in [0.4, 0.5) is 26.3 Å². The highest BCUT2D eigenvalue weighted by atomic mass is 19.2. The molecule has 14 rings (SSSR count). The number of carboxylic acid groups (broad SMARTS) is 2. The summed E-state index contributed by atoms with van der Waals surface area (Å²) in [4.78, 5) is 76.2. The van der Waals surface area contributed by atoms with E-state index in [2.05, 4.69) is 4.74 Å². The van der Waals surface area contributed by atoms with E-state index in [1.165, 1.54) is 78.0 Å². The fourth-order valence-electron chi connectivity index (χ4n) is 14.6. The summed E-state index contributed by atoms with van der Waals surface area (Å²) in [6.45, 7) is 11.0. The number of rotatable bonds is 17. The molecule has 29 heteroatoms. The number of aromatic carboxylic acids is 1. The second-order valence-corrected chi connectivity index (χ2v) is 27.7. The Balaban J connectivity index is 0.000000152. The summed E-state index contributed by atoms with van der Waals surface area (Å²) in [7, 11) is 14.0. The molecule has 1 atom stereocenters. The first-order valence-corrected chi connectivity index (χ1v) is 36.4. The molecule has 7 aromatic carbocycles. The van der Waals surface area contributed by atoms with E-state index in [1.54, 1.807) is 76.0 Å². The van der Waals surface area contributed by atoms with E-state index >= 15 is 0 Å². The summed E-state index contributed by atoms with van der Waals surface area (Å²) >= 11 is 0. The summed E-state index contributed by atoms with van der Waals surface area (Å²) in [5.74, 6) is -5.04. The lowest BCUT2D eigenvalue weighted by molar-refractivity contribution is -0.164. The molecule has 1 unspecified atom stereocenters. The first-order valence-electron chi connectivity index (χ1n) is 36.4. The lowest BCUT2D eigenvalue weighted by Crippen LogP contribution is -2.46. The van der Waals surface area contributed by atoms with Crippen LogP contribution in [-0.4, -0.2) is 159 Å².